The molecule has 3 aromatic rings. The van der Waals surface area contributed by atoms with E-state index in [1.54, 1.807) is 28.9 Å². The minimum Gasteiger partial charge on any atom is -0.348 e. The van der Waals surface area contributed by atoms with Crippen LogP contribution in [-0.4, -0.2) is 76.6 Å². The third-order valence-corrected chi connectivity index (χ3v) is 7.79. The van der Waals surface area contributed by atoms with Gasteiger partial charge >= 0.3 is 0 Å². The van der Waals surface area contributed by atoms with Crippen molar-refractivity contribution in [1.82, 2.24) is 30.4 Å². The lowest BCUT2D eigenvalue weighted by atomic mass is 10.0. The average Bonchev–Trinajstić information content (AvgIpc) is 3.29. The highest BCUT2D eigenvalue weighted by molar-refractivity contribution is 7.91. The number of carbonyl (C=O) groups is 1. The van der Waals surface area contributed by atoms with E-state index in [1.807, 2.05) is 18.7 Å². The normalized spacial score (nSPS) is 16.7. The second-order valence-electron chi connectivity index (χ2n) is 8.58. The zero-order chi connectivity index (χ0) is 25.2. The Labute approximate surface area is 208 Å². The van der Waals surface area contributed by atoms with Crippen molar-refractivity contribution >= 4 is 27.3 Å². The molecule has 0 aliphatic carbocycles. The van der Waals surface area contributed by atoms with Crippen LogP contribution in [-0.2, 0) is 16.3 Å². The number of nitrogens with zero attached hydrogens (tertiary/aromatic N) is 5. The Morgan fingerprint density at radius 2 is 1.94 bits per heavy atom. The van der Waals surface area contributed by atoms with Crippen LogP contribution in [0.25, 0.3) is 16.8 Å². The van der Waals surface area contributed by atoms with E-state index in [0.717, 1.165) is 0 Å². The number of halogens is 2. The minimum absolute atomic E-state index is 0.128. The van der Waals surface area contributed by atoms with E-state index in [0.29, 0.717) is 54.3 Å². The Kier molecular flexibility index (Phi) is 7.48. The Morgan fingerprint density at radius 3 is 2.63 bits per heavy atom. The molecule has 1 fully saturated rings. The number of carbonyl (C=O) groups excluding carboxylic acids is 1. The van der Waals surface area contributed by atoms with Gasteiger partial charge in [-0.3, -0.25) is 9.69 Å². The molecule has 12 heteroatoms. The van der Waals surface area contributed by atoms with Crippen molar-refractivity contribution in [2.45, 2.75) is 26.3 Å². The van der Waals surface area contributed by atoms with Gasteiger partial charge < -0.3 is 5.32 Å². The largest absolute Gasteiger partial charge is 0.348 e. The van der Waals surface area contributed by atoms with Gasteiger partial charge in [0.15, 0.2) is 15.7 Å². The summed E-state index contributed by atoms with van der Waals surface area (Å²) in [6.07, 6.45) is 0.582. The number of rotatable bonds is 7. The fourth-order valence-corrected chi connectivity index (χ4v) is 5.60. The molecule has 2 heterocycles. The number of amides is 1. The van der Waals surface area contributed by atoms with Gasteiger partial charge in [0.05, 0.1) is 22.2 Å². The maximum Gasteiger partial charge on any atom is 0.251 e. The first kappa shape index (κ1) is 25.2. The third kappa shape index (κ3) is 6.03. The van der Waals surface area contributed by atoms with E-state index < -0.39 is 15.7 Å². The highest BCUT2D eigenvalue weighted by atomic mass is 35.5. The monoisotopic (exact) mass is 520 g/mol. The lowest BCUT2D eigenvalue weighted by Crippen LogP contribution is -2.47. The molecule has 1 amide bonds. The van der Waals surface area contributed by atoms with Crippen LogP contribution in [0.2, 0.25) is 5.02 Å². The summed E-state index contributed by atoms with van der Waals surface area (Å²) < 4.78 is 38.5. The number of nitrogens with one attached hydrogen (secondary N) is 1. The van der Waals surface area contributed by atoms with Crippen LogP contribution in [0.4, 0.5) is 4.39 Å². The summed E-state index contributed by atoms with van der Waals surface area (Å²) in [5.41, 5.74) is 2.12. The van der Waals surface area contributed by atoms with Gasteiger partial charge in [0.2, 0.25) is 0 Å². The number of tetrazole rings is 1. The summed E-state index contributed by atoms with van der Waals surface area (Å²) in [5, 5.41) is 15.0. The Bertz CT molecular complexity index is 1330. The van der Waals surface area contributed by atoms with E-state index in [9.17, 15) is 17.6 Å². The maximum atomic E-state index is 13.6. The smallest absolute Gasteiger partial charge is 0.251 e. The lowest BCUT2D eigenvalue weighted by Gasteiger charge is -2.29. The Balaban J connectivity index is 1.61. The van der Waals surface area contributed by atoms with Crippen molar-refractivity contribution in [1.29, 1.82) is 0 Å². The number of sulfone groups is 1. The molecule has 1 aliphatic heterocycles. The topological polar surface area (TPSA) is 110 Å². The van der Waals surface area contributed by atoms with E-state index in [-0.39, 0.29) is 28.5 Å². The molecule has 1 saturated heterocycles. The predicted molar refractivity (Wildman–Crippen MR) is 131 cm³/mol. The van der Waals surface area contributed by atoms with Gasteiger partial charge in [-0.1, -0.05) is 18.5 Å². The van der Waals surface area contributed by atoms with Gasteiger partial charge in [-0.15, -0.1) is 5.10 Å². The third-order valence-electron chi connectivity index (χ3n) is 5.86. The molecule has 1 aliphatic rings. The van der Waals surface area contributed by atoms with E-state index in [2.05, 4.69) is 20.8 Å². The van der Waals surface area contributed by atoms with Crippen molar-refractivity contribution < 1.29 is 17.6 Å². The fraction of sp³-hybridized carbons (Fsp3) is 0.391. The number of hydrogen-bond acceptors (Lipinski definition) is 7. The van der Waals surface area contributed by atoms with Crippen molar-refractivity contribution in [2.75, 3.05) is 31.1 Å². The fourth-order valence-electron chi connectivity index (χ4n) is 4.04. The zero-order valence-electron chi connectivity index (χ0n) is 19.4. The van der Waals surface area contributed by atoms with Crippen LogP contribution in [0.15, 0.2) is 36.4 Å². The molecule has 35 heavy (non-hydrogen) atoms. The first-order chi connectivity index (χ1) is 16.6. The molecule has 0 bridgehead atoms. The Hall–Kier alpha value is -2.89. The van der Waals surface area contributed by atoms with Gasteiger partial charge in [-0.25, -0.2) is 12.8 Å². The first-order valence-electron chi connectivity index (χ1n) is 11.3. The average molecular weight is 521 g/mol. The van der Waals surface area contributed by atoms with Gasteiger partial charge in [-0.2, -0.15) is 4.68 Å². The molecule has 2 aromatic carbocycles. The summed E-state index contributed by atoms with van der Waals surface area (Å²) in [6, 6.07) is 9.04. The van der Waals surface area contributed by atoms with Gasteiger partial charge in [0.25, 0.3) is 5.91 Å². The predicted octanol–water partition coefficient (Wildman–Crippen LogP) is 2.53. The summed E-state index contributed by atoms with van der Waals surface area (Å²) in [5.74, 6) is 0.106. The molecule has 4 rings (SSSR count). The molecule has 0 saturated carbocycles. The first-order valence-corrected chi connectivity index (χ1v) is 13.5. The molecule has 9 nitrogen and oxygen atoms in total. The van der Waals surface area contributed by atoms with Crippen molar-refractivity contribution in [3.05, 3.63) is 58.6 Å². The standard InChI is InChI=1S/C23H26ClFN6O3S/c1-3-22-27-28-29-31(22)19-11-16(20-5-4-18(25)13-21(20)24)10-17(12-19)23(32)26-15(2)14-30-6-8-35(33,34)9-7-30/h4-5,10-13,15H,3,6-9,14H2,1-2H3,(H,26,32)/t15-/m1/s1. The van der Waals surface area contributed by atoms with Crippen LogP contribution in [0.5, 0.6) is 0 Å². The lowest BCUT2D eigenvalue weighted by molar-refractivity contribution is 0.0930. The molecule has 1 aromatic heterocycles. The molecule has 0 unspecified atom stereocenters. The van der Waals surface area contributed by atoms with Crippen LogP contribution < -0.4 is 5.32 Å². The second-order valence-corrected chi connectivity index (χ2v) is 11.3. The van der Waals surface area contributed by atoms with Gasteiger partial charge in [0.1, 0.15) is 5.82 Å². The van der Waals surface area contributed by atoms with Gasteiger partial charge in [0, 0.05) is 43.2 Å². The van der Waals surface area contributed by atoms with E-state index in [1.165, 1.54) is 12.1 Å². The number of hydrogen-bond donors (Lipinski definition) is 1. The summed E-state index contributed by atoms with van der Waals surface area (Å²) in [4.78, 5) is 15.2. The molecular formula is C23H26ClFN6O3S. The number of aromatic nitrogens is 4. The van der Waals surface area contributed by atoms with E-state index in [4.69, 9.17) is 11.6 Å². The summed E-state index contributed by atoms with van der Waals surface area (Å²) in [7, 11) is -2.97. The van der Waals surface area contributed by atoms with Crippen LogP contribution in [0, 0.1) is 5.82 Å². The molecule has 1 N–H and O–H groups in total. The van der Waals surface area contributed by atoms with E-state index >= 15 is 0 Å². The summed E-state index contributed by atoms with van der Waals surface area (Å²) in [6.45, 7) is 5.22. The quantitative estimate of drug-likeness (QED) is 0.509. The SMILES string of the molecule is CCc1nnnn1-c1cc(C(=O)N[C@H](C)CN2CCS(=O)(=O)CC2)cc(-c2ccc(F)cc2Cl)c1. The zero-order valence-corrected chi connectivity index (χ0v) is 21.0. The molecular weight excluding hydrogens is 495 g/mol. The minimum atomic E-state index is -2.97. The molecule has 0 spiro atoms. The molecule has 1 atom stereocenters. The summed E-state index contributed by atoms with van der Waals surface area (Å²) >= 11 is 6.31. The molecule has 0 radical (unpaired) electrons. The maximum absolute atomic E-state index is 13.6. The van der Waals surface area contributed by atoms with Crippen molar-refractivity contribution in [3.8, 4) is 16.8 Å². The van der Waals surface area contributed by atoms with Crippen molar-refractivity contribution in [3.63, 3.8) is 0 Å². The van der Waals surface area contributed by atoms with Crippen LogP contribution in [0.1, 0.15) is 30.0 Å². The van der Waals surface area contributed by atoms with Gasteiger partial charge in [-0.05, 0) is 59.3 Å². The highest BCUT2D eigenvalue weighted by Crippen LogP contribution is 2.31. The highest BCUT2D eigenvalue weighted by Gasteiger charge is 2.23. The van der Waals surface area contributed by atoms with Crippen LogP contribution in [0.3, 0.4) is 0 Å². The second kappa shape index (κ2) is 10.4. The molecule has 186 valence electrons. The van der Waals surface area contributed by atoms with Crippen molar-refractivity contribution in [2.24, 2.45) is 0 Å². The number of aryl methyl sites for hydroxylation is 1. The number of benzene rings is 2. The van der Waals surface area contributed by atoms with Crippen LogP contribution >= 0.6 is 11.6 Å². The Morgan fingerprint density at radius 1 is 1.20 bits per heavy atom.